The van der Waals surface area contributed by atoms with Crippen LogP contribution in [0.3, 0.4) is 0 Å². The molecule has 0 aromatic heterocycles. The largest absolute Gasteiger partial charge is 0.491 e. The highest BCUT2D eigenvalue weighted by atomic mass is 35.5. The molecule has 1 aliphatic heterocycles. The van der Waals surface area contributed by atoms with Crippen LogP contribution in [-0.4, -0.2) is 24.5 Å². The quantitative estimate of drug-likeness (QED) is 0.697. The van der Waals surface area contributed by atoms with E-state index in [0.717, 1.165) is 23.0 Å². The third-order valence-corrected chi connectivity index (χ3v) is 3.99. The van der Waals surface area contributed by atoms with Gasteiger partial charge in [-0.2, -0.15) is 0 Å². The molecule has 1 N–H and O–H groups in total. The van der Waals surface area contributed by atoms with Crippen LogP contribution in [0.1, 0.15) is 21.5 Å². The minimum atomic E-state index is -0.899. The van der Waals surface area contributed by atoms with E-state index in [2.05, 4.69) is 0 Å². The molecule has 0 atom stereocenters. The lowest BCUT2D eigenvalue weighted by molar-refractivity contribution is 0.0993. The fourth-order valence-corrected chi connectivity index (χ4v) is 2.79. The van der Waals surface area contributed by atoms with Crippen LogP contribution in [0.25, 0.3) is 0 Å². The third-order valence-electron chi connectivity index (χ3n) is 3.66. The molecule has 21 heavy (non-hydrogen) atoms. The summed E-state index contributed by atoms with van der Waals surface area (Å²) in [5.41, 5.74) is 3.20. The van der Waals surface area contributed by atoms with Gasteiger partial charge >= 0.3 is 7.12 Å². The van der Waals surface area contributed by atoms with Gasteiger partial charge in [0, 0.05) is 18.6 Å². The summed E-state index contributed by atoms with van der Waals surface area (Å²) >= 11 is 6.04. The summed E-state index contributed by atoms with van der Waals surface area (Å²) < 4.78 is 5.22. The maximum absolute atomic E-state index is 12.3. The Morgan fingerprint density at radius 2 is 2.10 bits per heavy atom. The van der Waals surface area contributed by atoms with Crippen molar-refractivity contribution in [3.8, 4) is 0 Å². The molecule has 0 bridgehead atoms. The molecular formula is C16H14BClO3. The zero-order valence-corrected chi connectivity index (χ0v) is 12.1. The van der Waals surface area contributed by atoms with Crippen LogP contribution in [-0.2, 0) is 17.5 Å². The molecule has 0 saturated heterocycles. The Labute approximate surface area is 128 Å². The van der Waals surface area contributed by atoms with Crippen LogP contribution < -0.4 is 5.46 Å². The van der Waals surface area contributed by atoms with Crippen molar-refractivity contribution in [2.75, 3.05) is 6.61 Å². The first kappa shape index (κ1) is 14.3. The Morgan fingerprint density at radius 1 is 1.29 bits per heavy atom. The second kappa shape index (κ2) is 6.02. The lowest BCUT2D eigenvalue weighted by Gasteiger charge is -2.19. The lowest BCUT2D eigenvalue weighted by atomic mass is 9.73. The van der Waals surface area contributed by atoms with Crippen LogP contribution in [0.15, 0.2) is 42.5 Å². The van der Waals surface area contributed by atoms with E-state index >= 15 is 0 Å². The molecule has 0 aliphatic carbocycles. The minimum Gasteiger partial charge on any atom is -0.423 e. The van der Waals surface area contributed by atoms with Crippen molar-refractivity contribution in [2.24, 2.45) is 0 Å². The Kier molecular flexibility index (Phi) is 4.11. The Bertz CT molecular complexity index is 687. The summed E-state index contributed by atoms with van der Waals surface area (Å²) in [7, 11) is -0.899. The van der Waals surface area contributed by atoms with Gasteiger partial charge in [-0.05, 0) is 35.1 Å². The van der Waals surface area contributed by atoms with Crippen LogP contribution in [0.5, 0.6) is 0 Å². The van der Waals surface area contributed by atoms with Crippen molar-refractivity contribution in [2.45, 2.75) is 12.8 Å². The van der Waals surface area contributed by atoms with Crippen molar-refractivity contribution in [3.05, 3.63) is 64.2 Å². The van der Waals surface area contributed by atoms with Crippen molar-refractivity contribution >= 4 is 30.0 Å². The highest BCUT2D eigenvalue weighted by molar-refractivity contribution is 6.60. The highest BCUT2D eigenvalue weighted by Gasteiger charge is 2.25. The van der Waals surface area contributed by atoms with E-state index in [1.807, 2.05) is 18.2 Å². The third kappa shape index (κ3) is 3.03. The van der Waals surface area contributed by atoms with E-state index in [9.17, 15) is 9.82 Å². The molecule has 2 aromatic rings. The molecule has 106 valence electrons. The van der Waals surface area contributed by atoms with E-state index in [4.69, 9.17) is 16.3 Å². The molecule has 0 spiro atoms. The molecule has 3 rings (SSSR count). The lowest BCUT2D eigenvalue weighted by Crippen LogP contribution is -2.41. The number of Topliss-reactive ketones (excluding diaryl/α,β-unsaturated/α-hetero) is 1. The van der Waals surface area contributed by atoms with E-state index in [1.54, 1.807) is 24.3 Å². The Balaban J connectivity index is 1.84. The summed E-state index contributed by atoms with van der Waals surface area (Å²) in [5, 5.41) is 10.3. The SMILES string of the molecule is O=C(Cc1ccc2c(c1)B(O)OCC2)c1ccccc1Cl. The van der Waals surface area contributed by atoms with E-state index < -0.39 is 7.12 Å². The van der Waals surface area contributed by atoms with Crippen molar-refractivity contribution < 1.29 is 14.5 Å². The van der Waals surface area contributed by atoms with Gasteiger partial charge in [-0.3, -0.25) is 4.79 Å². The smallest absolute Gasteiger partial charge is 0.423 e. The van der Waals surface area contributed by atoms with E-state index in [0.29, 0.717) is 17.2 Å². The van der Waals surface area contributed by atoms with Crippen molar-refractivity contribution in [1.82, 2.24) is 0 Å². The molecular weight excluding hydrogens is 286 g/mol. The zero-order chi connectivity index (χ0) is 14.8. The molecule has 1 heterocycles. The second-order valence-electron chi connectivity index (χ2n) is 5.09. The standard InChI is InChI=1S/C16H14BClO3/c18-15-4-2-1-3-13(15)16(19)10-11-5-6-12-7-8-21-17(20)14(12)9-11/h1-6,9,20H,7-8,10H2. The van der Waals surface area contributed by atoms with Crippen LogP contribution >= 0.6 is 11.6 Å². The molecule has 5 heteroatoms. The summed E-state index contributed by atoms with van der Waals surface area (Å²) in [6.07, 6.45) is 1.04. The van der Waals surface area contributed by atoms with Gasteiger partial charge in [-0.25, -0.2) is 0 Å². The van der Waals surface area contributed by atoms with Crippen LogP contribution in [0.4, 0.5) is 0 Å². The molecule has 0 unspecified atom stereocenters. The Morgan fingerprint density at radius 3 is 2.90 bits per heavy atom. The molecule has 2 aromatic carbocycles. The van der Waals surface area contributed by atoms with Gasteiger partial charge in [0.2, 0.25) is 0 Å². The van der Waals surface area contributed by atoms with Gasteiger partial charge in [0.25, 0.3) is 0 Å². The number of hydrogen-bond donors (Lipinski definition) is 1. The number of hydrogen-bond acceptors (Lipinski definition) is 3. The van der Waals surface area contributed by atoms with Crippen LogP contribution in [0, 0.1) is 0 Å². The van der Waals surface area contributed by atoms with Gasteiger partial charge in [0.05, 0.1) is 5.02 Å². The van der Waals surface area contributed by atoms with Gasteiger partial charge in [-0.15, -0.1) is 0 Å². The van der Waals surface area contributed by atoms with Crippen molar-refractivity contribution in [3.63, 3.8) is 0 Å². The minimum absolute atomic E-state index is 0.0354. The molecule has 1 aliphatic rings. The normalized spacial score (nSPS) is 13.9. The number of fused-ring (bicyclic) bond motifs is 1. The average Bonchev–Trinajstić information content (AvgIpc) is 2.48. The van der Waals surface area contributed by atoms with E-state index in [-0.39, 0.29) is 12.2 Å². The van der Waals surface area contributed by atoms with Gasteiger partial charge < -0.3 is 9.68 Å². The van der Waals surface area contributed by atoms with E-state index in [1.165, 1.54) is 0 Å². The number of ketones is 1. The average molecular weight is 301 g/mol. The first-order chi connectivity index (χ1) is 10.1. The summed E-state index contributed by atoms with van der Waals surface area (Å²) in [4.78, 5) is 12.3. The van der Waals surface area contributed by atoms with Crippen molar-refractivity contribution in [1.29, 1.82) is 0 Å². The molecule has 0 saturated carbocycles. The fraction of sp³-hybridized carbons (Fsp3) is 0.188. The molecule has 0 fully saturated rings. The van der Waals surface area contributed by atoms with Gasteiger partial charge in [-0.1, -0.05) is 41.9 Å². The highest BCUT2D eigenvalue weighted by Crippen LogP contribution is 2.18. The monoisotopic (exact) mass is 300 g/mol. The number of halogens is 1. The molecule has 0 radical (unpaired) electrons. The number of benzene rings is 2. The summed E-state index contributed by atoms with van der Waals surface area (Å²) in [6, 6.07) is 12.7. The summed E-state index contributed by atoms with van der Waals surface area (Å²) in [5.74, 6) is -0.0354. The Hall–Kier alpha value is -1.62. The first-order valence-corrected chi connectivity index (χ1v) is 7.22. The maximum Gasteiger partial charge on any atom is 0.491 e. The molecule has 0 amide bonds. The first-order valence-electron chi connectivity index (χ1n) is 6.84. The topological polar surface area (TPSA) is 46.5 Å². The van der Waals surface area contributed by atoms with Gasteiger partial charge in [0.15, 0.2) is 5.78 Å². The van der Waals surface area contributed by atoms with Gasteiger partial charge in [0.1, 0.15) is 0 Å². The summed E-state index contributed by atoms with van der Waals surface area (Å²) in [6.45, 7) is 0.520. The maximum atomic E-state index is 12.3. The van der Waals surface area contributed by atoms with Crippen LogP contribution in [0.2, 0.25) is 5.02 Å². The number of carbonyl (C=O) groups is 1. The zero-order valence-electron chi connectivity index (χ0n) is 11.4. The predicted octanol–water partition coefficient (Wildman–Crippen LogP) is 2.03. The number of carbonyl (C=O) groups excluding carboxylic acids is 1. The molecule has 3 nitrogen and oxygen atoms in total. The second-order valence-corrected chi connectivity index (χ2v) is 5.49. The predicted molar refractivity (Wildman–Crippen MR) is 83.2 cm³/mol. The number of rotatable bonds is 3. The fourth-order valence-electron chi connectivity index (χ4n) is 2.55.